The highest BCUT2D eigenvalue weighted by Crippen LogP contribution is 2.30. The van der Waals surface area contributed by atoms with Crippen molar-refractivity contribution in [1.82, 2.24) is 4.90 Å². The predicted molar refractivity (Wildman–Crippen MR) is 49.0 cm³/mol. The van der Waals surface area contributed by atoms with Crippen LogP contribution >= 0.6 is 0 Å². The second-order valence-corrected chi connectivity index (χ2v) is 4.02. The highest BCUT2D eigenvalue weighted by molar-refractivity contribution is 5.24. The molecule has 2 rings (SSSR count). The fourth-order valence-electron chi connectivity index (χ4n) is 2.32. The minimum Gasteiger partial charge on any atom is -0.389 e. The van der Waals surface area contributed by atoms with Crippen molar-refractivity contribution in [3.05, 3.63) is 11.1 Å². The van der Waals surface area contributed by atoms with E-state index in [0.29, 0.717) is 0 Å². The van der Waals surface area contributed by atoms with Gasteiger partial charge in [0.25, 0.3) is 0 Å². The monoisotopic (exact) mass is 167 g/mol. The number of aliphatic hydroxyl groups excluding tert-OH is 1. The van der Waals surface area contributed by atoms with Crippen LogP contribution in [0.15, 0.2) is 11.1 Å². The van der Waals surface area contributed by atoms with Crippen LogP contribution in [0.25, 0.3) is 0 Å². The van der Waals surface area contributed by atoms with Crippen LogP contribution in [-0.4, -0.2) is 36.2 Å². The molecule has 0 spiro atoms. The van der Waals surface area contributed by atoms with Crippen LogP contribution in [0.5, 0.6) is 0 Å². The standard InChI is InChI=1S/C10H17NO/c1-11-6-5-9-8(7-11)3-2-4-10(9)12/h10,12H,2-7H2,1H3/t10-/m1/s1. The van der Waals surface area contributed by atoms with Crippen molar-refractivity contribution in [3.63, 3.8) is 0 Å². The Bertz CT molecular complexity index is 210. The van der Waals surface area contributed by atoms with E-state index in [1.165, 1.54) is 24.0 Å². The second kappa shape index (κ2) is 3.19. The molecule has 0 aromatic carbocycles. The third kappa shape index (κ3) is 1.41. The van der Waals surface area contributed by atoms with Gasteiger partial charge in [-0.1, -0.05) is 5.57 Å². The van der Waals surface area contributed by atoms with E-state index in [1.54, 1.807) is 0 Å². The normalized spacial score (nSPS) is 32.0. The van der Waals surface area contributed by atoms with Gasteiger partial charge in [-0.15, -0.1) is 0 Å². The topological polar surface area (TPSA) is 23.5 Å². The van der Waals surface area contributed by atoms with E-state index in [2.05, 4.69) is 11.9 Å². The molecule has 1 atom stereocenters. The lowest BCUT2D eigenvalue weighted by atomic mass is 9.85. The number of likely N-dealkylation sites (N-methyl/N-ethyl adjacent to an activating group) is 1. The Morgan fingerprint density at radius 3 is 3.08 bits per heavy atom. The summed E-state index contributed by atoms with van der Waals surface area (Å²) >= 11 is 0. The maximum absolute atomic E-state index is 9.71. The zero-order valence-corrected chi connectivity index (χ0v) is 7.71. The number of nitrogens with zero attached hydrogens (tertiary/aromatic N) is 1. The summed E-state index contributed by atoms with van der Waals surface area (Å²) < 4.78 is 0. The molecular weight excluding hydrogens is 150 g/mol. The third-order valence-corrected chi connectivity index (χ3v) is 3.04. The average molecular weight is 167 g/mol. The molecule has 1 N–H and O–H groups in total. The first kappa shape index (κ1) is 8.27. The highest BCUT2D eigenvalue weighted by atomic mass is 16.3. The smallest absolute Gasteiger partial charge is 0.0753 e. The Labute approximate surface area is 73.9 Å². The van der Waals surface area contributed by atoms with E-state index >= 15 is 0 Å². The molecule has 0 radical (unpaired) electrons. The summed E-state index contributed by atoms with van der Waals surface area (Å²) in [7, 11) is 2.16. The Balaban J connectivity index is 2.18. The zero-order valence-electron chi connectivity index (χ0n) is 7.71. The average Bonchev–Trinajstić information content (AvgIpc) is 2.04. The summed E-state index contributed by atoms with van der Waals surface area (Å²) in [6.45, 7) is 2.21. The van der Waals surface area contributed by atoms with Gasteiger partial charge < -0.3 is 10.0 Å². The lowest BCUT2D eigenvalue weighted by Crippen LogP contribution is -2.33. The Morgan fingerprint density at radius 1 is 1.42 bits per heavy atom. The van der Waals surface area contributed by atoms with Gasteiger partial charge in [-0.05, 0) is 38.3 Å². The summed E-state index contributed by atoms with van der Waals surface area (Å²) in [5.74, 6) is 0. The highest BCUT2D eigenvalue weighted by Gasteiger charge is 2.24. The molecule has 1 aliphatic carbocycles. The van der Waals surface area contributed by atoms with E-state index in [9.17, 15) is 5.11 Å². The molecule has 2 nitrogen and oxygen atoms in total. The minimum absolute atomic E-state index is 0.109. The number of hydrogen-bond donors (Lipinski definition) is 1. The first-order chi connectivity index (χ1) is 5.77. The van der Waals surface area contributed by atoms with Gasteiger partial charge in [-0.2, -0.15) is 0 Å². The quantitative estimate of drug-likeness (QED) is 0.547. The molecule has 0 saturated carbocycles. The number of aliphatic hydroxyl groups is 1. The van der Waals surface area contributed by atoms with Gasteiger partial charge in [-0.3, -0.25) is 0 Å². The van der Waals surface area contributed by atoms with Gasteiger partial charge in [0.05, 0.1) is 6.10 Å². The van der Waals surface area contributed by atoms with E-state index < -0.39 is 0 Å². The van der Waals surface area contributed by atoms with Crippen molar-refractivity contribution in [2.75, 3.05) is 20.1 Å². The molecule has 1 heterocycles. The van der Waals surface area contributed by atoms with Crippen LogP contribution in [0, 0.1) is 0 Å². The molecular formula is C10H17NO. The van der Waals surface area contributed by atoms with Crippen LogP contribution in [-0.2, 0) is 0 Å². The van der Waals surface area contributed by atoms with E-state index in [0.717, 1.165) is 25.9 Å². The van der Waals surface area contributed by atoms with Crippen molar-refractivity contribution < 1.29 is 5.11 Å². The molecule has 0 bridgehead atoms. The SMILES string of the molecule is CN1CCC2=C(CCC[C@H]2O)C1. The molecule has 12 heavy (non-hydrogen) atoms. The summed E-state index contributed by atoms with van der Waals surface area (Å²) in [5, 5.41) is 9.71. The summed E-state index contributed by atoms with van der Waals surface area (Å²) in [6.07, 6.45) is 4.36. The van der Waals surface area contributed by atoms with Gasteiger partial charge in [-0.25, -0.2) is 0 Å². The Morgan fingerprint density at radius 2 is 2.25 bits per heavy atom. The Kier molecular flexibility index (Phi) is 2.20. The van der Waals surface area contributed by atoms with Gasteiger partial charge in [0.2, 0.25) is 0 Å². The second-order valence-electron chi connectivity index (χ2n) is 4.02. The summed E-state index contributed by atoms with van der Waals surface area (Å²) in [5.41, 5.74) is 2.88. The molecule has 0 aromatic rings. The van der Waals surface area contributed by atoms with Crippen LogP contribution in [0.3, 0.4) is 0 Å². The molecule has 0 aromatic heterocycles. The first-order valence-corrected chi connectivity index (χ1v) is 4.85. The van der Waals surface area contributed by atoms with Crippen LogP contribution in [0.4, 0.5) is 0 Å². The van der Waals surface area contributed by atoms with Gasteiger partial charge in [0, 0.05) is 13.1 Å². The zero-order chi connectivity index (χ0) is 8.55. The van der Waals surface area contributed by atoms with E-state index in [-0.39, 0.29) is 6.10 Å². The third-order valence-electron chi connectivity index (χ3n) is 3.04. The molecule has 0 amide bonds. The molecule has 0 fully saturated rings. The van der Waals surface area contributed by atoms with Crippen molar-refractivity contribution in [1.29, 1.82) is 0 Å². The van der Waals surface area contributed by atoms with Crippen LogP contribution in [0.2, 0.25) is 0 Å². The number of hydrogen-bond acceptors (Lipinski definition) is 2. The van der Waals surface area contributed by atoms with Gasteiger partial charge in [0.15, 0.2) is 0 Å². The van der Waals surface area contributed by atoms with E-state index in [1.807, 2.05) is 0 Å². The molecule has 0 unspecified atom stereocenters. The van der Waals surface area contributed by atoms with Crippen molar-refractivity contribution in [3.8, 4) is 0 Å². The molecule has 0 saturated heterocycles. The maximum Gasteiger partial charge on any atom is 0.0753 e. The Hall–Kier alpha value is -0.340. The van der Waals surface area contributed by atoms with Gasteiger partial charge >= 0.3 is 0 Å². The van der Waals surface area contributed by atoms with Crippen LogP contribution < -0.4 is 0 Å². The van der Waals surface area contributed by atoms with Crippen molar-refractivity contribution >= 4 is 0 Å². The minimum atomic E-state index is -0.109. The lowest BCUT2D eigenvalue weighted by molar-refractivity contribution is 0.171. The molecule has 1 aliphatic heterocycles. The predicted octanol–water partition coefficient (Wildman–Crippen LogP) is 1.16. The largest absolute Gasteiger partial charge is 0.389 e. The van der Waals surface area contributed by atoms with Crippen molar-refractivity contribution in [2.45, 2.75) is 31.8 Å². The summed E-state index contributed by atoms with van der Waals surface area (Å²) in [6, 6.07) is 0. The molecule has 2 aliphatic rings. The molecule has 2 heteroatoms. The fraction of sp³-hybridized carbons (Fsp3) is 0.800. The lowest BCUT2D eigenvalue weighted by Gasteiger charge is -2.33. The van der Waals surface area contributed by atoms with Gasteiger partial charge in [0.1, 0.15) is 0 Å². The maximum atomic E-state index is 9.71. The van der Waals surface area contributed by atoms with Crippen molar-refractivity contribution in [2.24, 2.45) is 0 Å². The first-order valence-electron chi connectivity index (χ1n) is 4.85. The summed E-state index contributed by atoms with van der Waals surface area (Å²) in [4.78, 5) is 2.34. The van der Waals surface area contributed by atoms with Crippen LogP contribution in [0.1, 0.15) is 25.7 Å². The molecule has 68 valence electrons. The fourth-order valence-corrected chi connectivity index (χ4v) is 2.32. The number of rotatable bonds is 0. The van der Waals surface area contributed by atoms with E-state index in [4.69, 9.17) is 0 Å².